The van der Waals surface area contributed by atoms with Crippen LogP contribution in [0.4, 0.5) is 11.4 Å². The van der Waals surface area contributed by atoms with Crippen molar-refractivity contribution in [3.8, 4) is 0 Å². The molecule has 2 aromatic rings. The van der Waals surface area contributed by atoms with Gasteiger partial charge in [-0.2, -0.15) is 0 Å². The molecule has 0 aliphatic heterocycles. The van der Waals surface area contributed by atoms with Crippen molar-refractivity contribution in [2.75, 3.05) is 12.4 Å². The molecule has 3 N–H and O–H groups in total. The number of benzene rings is 2. The van der Waals surface area contributed by atoms with Gasteiger partial charge in [-0.1, -0.05) is 30.3 Å². The zero-order chi connectivity index (χ0) is 15.9. The van der Waals surface area contributed by atoms with E-state index in [9.17, 15) is 15.0 Å². The second kappa shape index (κ2) is 7.59. The first-order valence-electron chi connectivity index (χ1n) is 6.95. The summed E-state index contributed by atoms with van der Waals surface area (Å²) in [6, 6.07) is 16.7. The highest BCUT2D eigenvalue weighted by Gasteiger charge is 2.21. The lowest BCUT2D eigenvalue weighted by molar-refractivity contribution is -0.144. The molecular formula is C17H19NO4. The Bertz CT molecular complexity index is 598. The summed E-state index contributed by atoms with van der Waals surface area (Å²) < 4.78 is 4.47. The fourth-order valence-corrected chi connectivity index (χ4v) is 2.04. The molecule has 2 rings (SSSR count). The summed E-state index contributed by atoms with van der Waals surface area (Å²) in [5.74, 6) is -0.561. The molecule has 0 fully saturated rings. The average Bonchev–Trinajstić information content (AvgIpc) is 2.55. The number of hydrogen-bond donors (Lipinski definition) is 3. The number of aliphatic hydroxyl groups is 2. The summed E-state index contributed by atoms with van der Waals surface area (Å²) in [6.45, 7) is 0. The third kappa shape index (κ3) is 4.31. The minimum absolute atomic E-state index is 0.248. The lowest BCUT2D eigenvalue weighted by Crippen LogP contribution is -2.22. The van der Waals surface area contributed by atoms with Crippen molar-refractivity contribution >= 4 is 17.3 Å². The van der Waals surface area contributed by atoms with Gasteiger partial charge in [-0.15, -0.1) is 0 Å². The van der Waals surface area contributed by atoms with Gasteiger partial charge in [0.25, 0.3) is 0 Å². The second-order valence-electron chi connectivity index (χ2n) is 4.91. The Morgan fingerprint density at radius 3 is 2.23 bits per heavy atom. The van der Waals surface area contributed by atoms with Crippen molar-refractivity contribution in [2.45, 2.75) is 18.6 Å². The van der Waals surface area contributed by atoms with Gasteiger partial charge in [-0.3, -0.25) is 4.79 Å². The fourth-order valence-electron chi connectivity index (χ4n) is 2.04. The predicted molar refractivity (Wildman–Crippen MR) is 83.8 cm³/mol. The van der Waals surface area contributed by atoms with Gasteiger partial charge in [0.2, 0.25) is 0 Å². The highest BCUT2D eigenvalue weighted by molar-refractivity contribution is 5.69. The van der Waals surface area contributed by atoms with Crippen molar-refractivity contribution in [2.24, 2.45) is 0 Å². The van der Waals surface area contributed by atoms with Crippen LogP contribution in [0.2, 0.25) is 0 Å². The number of carbonyl (C=O) groups is 1. The van der Waals surface area contributed by atoms with E-state index < -0.39 is 18.2 Å². The normalized spacial score (nSPS) is 13.2. The quantitative estimate of drug-likeness (QED) is 0.714. The zero-order valence-electron chi connectivity index (χ0n) is 12.3. The average molecular weight is 301 g/mol. The minimum atomic E-state index is -1.19. The first kappa shape index (κ1) is 16.0. The van der Waals surface area contributed by atoms with Crippen LogP contribution in [-0.4, -0.2) is 29.4 Å². The lowest BCUT2D eigenvalue weighted by Gasteiger charge is -2.17. The zero-order valence-corrected chi connectivity index (χ0v) is 12.3. The number of para-hydroxylation sites is 1. The Morgan fingerprint density at radius 2 is 1.64 bits per heavy atom. The molecule has 0 saturated carbocycles. The first-order chi connectivity index (χ1) is 10.6. The largest absolute Gasteiger partial charge is 0.469 e. The van der Waals surface area contributed by atoms with Gasteiger partial charge in [0.1, 0.15) is 6.10 Å². The van der Waals surface area contributed by atoms with Crippen LogP contribution >= 0.6 is 0 Å². The van der Waals surface area contributed by atoms with E-state index in [1.54, 1.807) is 24.3 Å². The molecule has 0 heterocycles. The molecule has 2 aromatic carbocycles. The molecule has 0 radical (unpaired) electrons. The van der Waals surface area contributed by atoms with Crippen LogP contribution in [0.15, 0.2) is 54.6 Å². The maximum absolute atomic E-state index is 11.1. The molecule has 0 saturated heterocycles. The Morgan fingerprint density at radius 1 is 1.05 bits per heavy atom. The van der Waals surface area contributed by atoms with E-state index >= 15 is 0 Å². The molecule has 0 aromatic heterocycles. The van der Waals surface area contributed by atoms with Crippen LogP contribution in [0.5, 0.6) is 0 Å². The van der Waals surface area contributed by atoms with E-state index in [0.717, 1.165) is 11.4 Å². The molecular weight excluding hydrogens is 282 g/mol. The van der Waals surface area contributed by atoms with Crippen LogP contribution in [0.1, 0.15) is 18.1 Å². The Labute approximate surface area is 129 Å². The van der Waals surface area contributed by atoms with Gasteiger partial charge in [0, 0.05) is 11.4 Å². The molecule has 5 nitrogen and oxygen atoms in total. The maximum atomic E-state index is 11.1. The highest BCUT2D eigenvalue weighted by Crippen LogP contribution is 2.23. The fraction of sp³-hybridized carbons (Fsp3) is 0.235. The molecule has 0 amide bonds. The number of nitrogens with one attached hydrogen (secondary N) is 1. The molecule has 2 atom stereocenters. The smallest absolute Gasteiger partial charge is 0.308 e. The van der Waals surface area contributed by atoms with Gasteiger partial charge >= 0.3 is 5.97 Å². The van der Waals surface area contributed by atoms with Crippen LogP contribution in [-0.2, 0) is 9.53 Å². The van der Waals surface area contributed by atoms with Crippen molar-refractivity contribution in [1.82, 2.24) is 0 Å². The third-order valence-corrected chi connectivity index (χ3v) is 3.28. The molecule has 5 heteroatoms. The second-order valence-corrected chi connectivity index (χ2v) is 4.91. The summed E-state index contributed by atoms with van der Waals surface area (Å²) in [5, 5.41) is 23.1. The monoisotopic (exact) mass is 301 g/mol. The van der Waals surface area contributed by atoms with Crippen molar-refractivity contribution in [1.29, 1.82) is 0 Å². The third-order valence-electron chi connectivity index (χ3n) is 3.28. The molecule has 0 aliphatic rings. The SMILES string of the molecule is COC(=O)CC(O)C(O)c1ccc(Nc2ccccc2)cc1. The number of methoxy groups -OCH3 is 1. The van der Waals surface area contributed by atoms with Crippen LogP contribution in [0.25, 0.3) is 0 Å². The Balaban J connectivity index is 2.00. The predicted octanol–water partition coefficient (Wildman–Crippen LogP) is 2.39. The Hall–Kier alpha value is -2.37. The van der Waals surface area contributed by atoms with Crippen LogP contribution < -0.4 is 5.32 Å². The van der Waals surface area contributed by atoms with Gasteiger partial charge in [-0.25, -0.2) is 0 Å². The number of rotatable bonds is 6. The number of anilines is 2. The summed E-state index contributed by atoms with van der Waals surface area (Å²) in [5.41, 5.74) is 2.36. The first-order valence-corrected chi connectivity index (χ1v) is 6.95. The summed E-state index contributed by atoms with van der Waals surface area (Å²) in [7, 11) is 1.24. The number of aliphatic hydroxyl groups excluding tert-OH is 2. The van der Waals surface area contributed by atoms with E-state index in [0.29, 0.717) is 5.56 Å². The van der Waals surface area contributed by atoms with Gasteiger partial charge in [-0.05, 0) is 29.8 Å². The molecule has 116 valence electrons. The standard InChI is InChI=1S/C17H19NO4/c1-22-16(20)11-15(19)17(21)12-7-9-14(10-8-12)18-13-5-3-2-4-6-13/h2-10,15,17-19,21H,11H2,1H3. The number of hydrogen-bond acceptors (Lipinski definition) is 5. The topological polar surface area (TPSA) is 78.8 Å². The van der Waals surface area contributed by atoms with E-state index in [2.05, 4.69) is 10.1 Å². The highest BCUT2D eigenvalue weighted by atomic mass is 16.5. The van der Waals surface area contributed by atoms with Gasteiger partial charge in [0.15, 0.2) is 0 Å². The van der Waals surface area contributed by atoms with Crippen LogP contribution in [0, 0.1) is 0 Å². The van der Waals surface area contributed by atoms with E-state index in [4.69, 9.17) is 0 Å². The van der Waals surface area contributed by atoms with Gasteiger partial charge in [0.05, 0.1) is 19.6 Å². The molecule has 2 unspecified atom stereocenters. The summed E-state index contributed by atoms with van der Waals surface area (Å²) in [6.07, 6.45) is -2.58. The van der Waals surface area contributed by atoms with E-state index in [1.165, 1.54) is 7.11 Å². The number of esters is 1. The van der Waals surface area contributed by atoms with Crippen LogP contribution in [0.3, 0.4) is 0 Å². The lowest BCUT2D eigenvalue weighted by atomic mass is 10.0. The van der Waals surface area contributed by atoms with E-state index in [-0.39, 0.29) is 6.42 Å². The Kier molecular flexibility index (Phi) is 5.52. The van der Waals surface area contributed by atoms with Crippen molar-refractivity contribution in [3.63, 3.8) is 0 Å². The number of carbonyl (C=O) groups excluding carboxylic acids is 1. The summed E-state index contributed by atoms with van der Waals surface area (Å²) >= 11 is 0. The molecule has 0 spiro atoms. The maximum Gasteiger partial charge on any atom is 0.308 e. The number of ether oxygens (including phenoxy) is 1. The van der Waals surface area contributed by atoms with Crippen molar-refractivity contribution in [3.05, 3.63) is 60.2 Å². The summed E-state index contributed by atoms with van der Waals surface area (Å²) in [4.78, 5) is 11.1. The van der Waals surface area contributed by atoms with Gasteiger partial charge < -0.3 is 20.3 Å². The van der Waals surface area contributed by atoms with E-state index in [1.807, 2.05) is 30.3 Å². The van der Waals surface area contributed by atoms with Crippen molar-refractivity contribution < 1.29 is 19.7 Å². The minimum Gasteiger partial charge on any atom is -0.469 e. The molecule has 0 aliphatic carbocycles. The molecule has 0 bridgehead atoms. The molecule has 22 heavy (non-hydrogen) atoms.